The Morgan fingerprint density at radius 3 is 2.55 bits per heavy atom. The molecule has 0 bridgehead atoms. The Morgan fingerprint density at radius 1 is 1.13 bits per heavy atom. The van der Waals surface area contributed by atoms with Crippen molar-refractivity contribution in [2.24, 2.45) is 0 Å². The minimum atomic E-state index is -0.527. The predicted molar refractivity (Wildman–Crippen MR) is 116 cm³/mol. The molecule has 0 aliphatic rings. The van der Waals surface area contributed by atoms with E-state index in [1.807, 2.05) is 17.5 Å². The molecule has 2 heterocycles. The summed E-state index contributed by atoms with van der Waals surface area (Å²) >= 11 is 1.36. The Labute approximate surface area is 179 Å². The maximum atomic E-state index is 12.6. The standard InChI is InChI=1S/C20H16N6O4S/c1-11-15(4-3-5-16(11)26(29)30)18(28)22-19-23-20-25(24-19)17(10-31-20)13-6-8-14(9-7-13)21-12(2)27/h3-10H,1-2H3,(H,21,27)(H,22,24,28). The van der Waals surface area contributed by atoms with Crippen molar-refractivity contribution >= 4 is 45.4 Å². The number of hydrogen-bond acceptors (Lipinski definition) is 7. The summed E-state index contributed by atoms with van der Waals surface area (Å²) < 4.78 is 1.61. The summed E-state index contributed by atoms with van der Waals surface area (Å²) in [6.45, 7) is 2.96. The number of carbonyl (C=O) groups excluding carboxylic acids is 2. The Balaban J connectivity index is 1.59. The van der Waals surface area contributed by atoms with Crippen molar-refractivity contribution < 1.29 is 14.5 Å². The molecule has 0 spiro atoms. The fourth-order valence-corrected chi connectivity index (χ4v) is 3.93. The predicted octanol–water partition coefficient (Wildman–Crippen LogP) is 3.89. The third-order valence-electron chi connectivity index (χ3n) is 4.55. The van der Waals surface area contributed by atoms with Gasteiger partial charge in [0.15, 0.2) is 0 Å². The molecule has 0 saturated heterocycles. The van der Waals surface area contributed by atoms with E-state index < -0.39 is 10.8 Å². The minimum Gasteiger partial charge on any atom is -0.326 e. The molecule has 0 atom stereocenters. The number of hydrogen-bond donors (Lipinski definition) is 2. The molecule has 4 rings (SSSR count). The monoisotopic (exact) mass is 436 g/mol. The Hall–Kier alpha value is -4.12. The number of amides is 2. The fraction of sp³-hybridized carbons (Fsp3) is 0.100. The number of fused-ring (bicyclic) bond motifs is 1. The van der Waals surface area contributed by atoms with Crippen LogP contribution < -0.4 is 10.6 Å². The molecule has 0 unspecified atom stereocenters. The Bertz CT molecular complexity index is 1330. The smallest absolute Gasteiger partial charge is 0.273 e. The molecule has 10 nitrogen and oxygen atoms in total. The van der Waals surface area contributed by atoms with Crippen molar-refractivity contribution in [3.8, 4) is 11.3 Å². The molecular formula is C20H16N6O4S. The lowest BCUT2D eigenvalue weighted by molar-refractivity contribution is -0.385. The number of rotatable bonds is 5. The van der Waals surface area contributed by atoms with E-state index in [0.717, 1.165) is 11.3 Å². The summed E-state index contributed by atoms with van der Waals surface area (Å²) in [5.74, 6) is -0.583. The second-order valence-corrected chi connectivity index (χ2v) is 7.51. The zero-order valence-electron chi connectivity index (χ0n) is 16.4. The highest BCUT2D eigenvalue weighted by molar-refractivity contribution is 7.15. The second kappa shape index (κ2) is 7.95. The molecule has 2 aromatic carbocycles. The molecule has 156 valence electrons. The van der Waals surface area contributed by atoms with Gasteiger partial charge in [0.2, 0.25) is 10.9 Å². The largest absolute Gasteiger partial charge is 0.326 e. The first-order valence-corrected chi connectivity index (χ1v) is 9.99. The number of aromatic nitrogens is 3. The quantitative estimate of drug-likeness (QED) is 0.360. The van der Waals surface area contributed by atoms with Crippen LogP contribution in [-0.4, -0.2) is 31.3 Å². The average Bonchev–Trinajstić information content (AvgIpc) is 3.28. The van der Waals surface area contributed by atoms with E-state index in [0.29, 0.717) is 10.6 Å². The van der Waals surface area contributed by atoms with E-state index in [1.165, 1.54) is 43.4 Å². The molecule has 2 amide bonds. The third-order valence-corrected chi connectivity index (χ3v) is 5.37. The van der Waals surface area contributed by atoms with Gasteiger partial charge in [-0.1, -0.05) is 18.2 Å². The van der Waals surface area contributed by atoms with Crippen LogP contribution in [0.25, 0.3) is 16.2 Å². The van der Waals surface area contributed by atoms with Crippen LogP contribution in [0.1, 0.15) is 22.8 Å². The summed E-state index contributed by atoms with van der Waals surface area (Å²) in [5.41, 5.74) is 2.64. The first-order valence-electron chi connectivity index (χ1n) is 9.11. The van der Waals surface area contributed by atoms with Gasteiger partial charge in [-0.05, 0) is 25.1 Å². The van der Waals surface area contributed by atoms with Crippen LogP contribution in [0.2, 0.25) is 0 Å². The minimum absolute atomic E-state index is 0.0962. The zero-order chi connectivity index (χ0) is 22.1. The van der Waals surface area contributed by atoms with Crippen molar-refractivity contribution in [2.45, 2.75) is 13.8 Å². The topological polar surface area (TPSA) is 132 Å². The number of thiazole rings is 1. The van der Waals surface area contributed by atoms with E-state index in [4.69, 9.17) is 0 Å². The normalized spacial score (nSPS) is 10.8. The number of nitro groups is 1. The van der Waals surface area contributed by atoms with Crippen LogP contribution in [0.15, 0.2) is 47.8 Å². The Morgan fingerprint density at radius 2 is 1.87 bits per heavy atom. The molecular weight excluding hydrogens is 420 g/mol. The lowest BCUT2D eigenvalue weighted by Crippen LogP contribution is -2.15. The van der Waals surface area contributed by atoms with Gasteiger partial charge in [0, 0.05) is 40.7 Å². The van der Waals surface area contributed by atoms with Crippen LogP contribution in [0.3, 0.4) is 0 Å². The summed E-state index contributed by atoms with van der Waals surface area (Å²) in [6.07, 6.45) is 0. The van der Waals surface area contributed by atoms with Crippen LogP contribution in [-0.2, 0) is 4.79 Å². The second-order valence-electron chi connectivity index (χ2n) is 6.67. The lowest BCUT2D eigenvalue weighted by Gasteiger charge is -2.05. The molecule has 4 aromatic rings. The van der Waals surface area contributed by atoms with E-state index in [-0.39, 0.29) is 28.7 Å². The zero-order valence-corrected chi connectivity index (χ0v) is 17.3. The molecule has 2 aromatic heterocycles. The third kappa shape index (κ3) is 3.98. The molecule has 2 N–H and O–H groups in total. The van der Waals surface area contributed by atoms with Crippen LogP contribution in [0.4, 0.5) is 17.3 Å². The summed E-state index contributed by atoms with van der Waals surface area (Å²) in [6, 6.07) is 11.6. The number of nitro benzene ring substituents is 1. The number of nitrogens with zero attached hydrogens (tertiary/aromatic N) is 4. The number of carbonyl (C=O) groups is 2. The van der Waals surface area contributed by atoms with E-state index in [1.54, 1.807) is 16.6 Å². The number of nitrogens with one attached hydrogen (secondary N) is 2. The molecule has 0 radical (unpaired) electrons. The average molecular weight is 436 g/mol. The lowest BCUT2D eigenvalue weighted by atomic mass is 10.1. The summed E-state index contributed by atoms with van der Waals surface area (Å²) in [7, 11) is 0. The molecule has 0 aliphatic carbocycles. The Kier molecular flexibility index (Phi) is 5.17. The maximum Gasteiger partial charge on any atom is 0.273 e. The highest BCUT2D eigenvalue weighted by Crippen LogP contribution is 2.27. The SMILES string of the molecule is CC(=O)Nc1ccc(-c2csc3nc(NC(=O)c4cccc([N+](=O)[O-])c4C)nn23)cc1. The highest BCUT2D eigenvalue weighted by Gasteiger charge is 2.20. The fourth-order valence-electron chi connectivity index (χ4n) is 3.10. The van der Waals surface area contributed by atoms with E-state index in [9.17, 15) is 19.7 Å². The van der Waals surface area contributed by atoms with Crippen molar-refractivity contribution in [3.05, 3.63) is 69.1 Å². The number of benzene rings is 2. The summed E-state index contributed by atoms with van der Waals surface area (Å²) in [5, 5.41) is 22.7. The van der Waals surface area contributed by atoms with E-state index in [2.05, 4.69) is 20.7 Å². The van der Waals surface area contributed by atoms with Crippen molar-refractivity contribution in [1.29, 1.82) is 0 Å². The molecule has 11 heteroatoms. The van der Waals surface area contributed by atoms with Gasteiger partial charge in [0.05, 0.1) is 10.6 Å². The van der Waals surface area contributed by atoms with Gasteiger partial charge in [0.1, 0.15) is 0 Å². The van der Waals surface area contributed by atoms with Crippen LogP contribution in [0.5, 0.6) is 0 Å². The molecule has 0 saturated carbocycles. The first-order chi connectivity index (χ1) is 14.8. The molecule has 31 heavy (non-hydrogen) atoms. The van der Waals surface area contributed by atoms with Crippen molar-refractivity contribution in [2.75, 3.05) is 10.6 Å². The van der Waals surface area contributed by atoms with Gasteiger partial charge < -0.3 is 5.32 Å². The summed E-state index contributed by atoms with van der Waals surface area (Å²) in [4.78, 5) is 39.3. The first kappa shape index (κ1) is 20.2. The number of anilines is 2. The van der Waals surface area contributed by atoms with Crippen LogP contribution in [0, 0.1) is 17.0 Å². The maximum absolute atomic E-state index is 12.6. The molecule has 0 fully saturated rings. The van der Waals surface area contributed by atoms with Crippen molar-refractivity contribution in [3.63, 3.8) is 0 Å². The van der Waals surface area contributed by atoms with Gasteiger partial charge >= 0.3 is 0 Å². The van der Waals surface area contributed by atoms with Gasteiger partial charge in [-0.2, -0.15) is 4.98 Å². The highest BCUT2D eigenvalue weighted by atomic mass is 32.1. The van der Waals surface area contributed by atoms with E-state index >= 15 is 0 Å². The van der Waals surface area contributed by atoms with Gasteiger partial charge in [-0.15, -0.1) is 16.4 Å². The molecule has 0 aliphatic heterocycles. The van der Waals surface area contributed by atoms with Gasteiger partial charge in [0.25, 0.3) is 17.5 Å². The van der Waals surface area contributed by atoms with Crippen molar-refractivity contribution in [1.82, 2.24) is 14.6 Å². The van der Waals surface area contributed by atoms with Gasteiger partial charge in [-0.3, -0.25) is 25.0 Å². The van der Waals surface area contributed by atoms with Gasteiger partial charge in [-0.25, -0.2) is 4.52 Å². The van der Waals surface area contributed by atoms with Crippen LogP contribution >= 0.6 is 11.3 Å².